The smallest absolute Gasteiger partial charge is 0.314 e. The number of aromatic nitrogens is 2. The van der Waals surface area contributed by atoms with E-state index in [0.29, 0.717) is 11.6 Å². The topological polar surface area (TPSA) is 137 Å². The van der Waals surface area contributed by atoms with Gasteiger partial charge in [0.2, 0.25) is 5.91 Å². The number of rotatable bonds is 6. The fourth-order valence-electron chi connectivity index (χ4n) is 3.36. The minimum Gasteiger partial charge on any atom is -0.347 e. The van der Waals surface area contributed by atoms with E-state index in [9.17, 15) is 19.2 Å². The van der Waals surface area contributed by atoms with Crippen molar-refractivity contribution in [1.29, 1.82) is 0 Å². The minimum absolute atomic E-state index is 0.142. The van der Waals surface area contributed by atoms with Crippen molar-refractivity contribution in [3.05, 3.63) is 38.9 Å². The number of anilines is 1. The van der Waals surface area contributed by atoms with E-state index in [-0.39, 0.29) is 17.4 Å². The van der Waals surface area contributed by atoms with Gasteiger partial charge in [0.05, 0.1) is 10.7 Å². The van der Waals surface area contributed by atoms with Crippen molar-refractivity contribution >= 4 is 52.4 Å². The SMILES string of the molecule is CN1CCc2sc(C(=O)N[C@@](C)(CNC(=O)C(=O)Nc3ccc(Cl)cn3)C(=O)N(C)C)nc2C1. The first-order chi connectivity index (χ1) is 16.0. The standard InChI is InChI=1S/C21H26ClN7O4S/c1-21(20(33)28(2)3,11-24-16(30)17(31)26-15-6-5-12(22)9-23-15)27-18(32)19-25-13-10-29(4)8-7-14(13)34-19/h5-6,9H,7-8,10-11H2,1-4H3,(H,24,30)(H,27,32)(H,23,26,31)/t21-/m0/s1. The van der Waals surface area contributed by atoms with Crippen molar-refractivity contribution in [2.45, 2.75) is 25.4 Å². The van der Waals surface area contributed by atoms with Gasteiger partial charge in [0.1, 0.15) is 11.4 Å². The quantitative estimate of drug-likeness (QED) is 0.484. The lowest BCUT2D eigenvalue weighted by molar-refractivity contribution is -0.138. The summed E-state index contributed by atoms with van der Waals surface area (Å²) >= 11 is 7.05. The van der Waals surface area contributed by atoms with Crippen LogP contribution in [0.1, 0.15) is 27.3 Å². The summed E-state index contributed by atoms with van der Waals surface area (Å²) in [7, 11) is 5.05. The number of amides is 4. The highest BCUT2D eigenvalue weighted by Gasteiger charge is 2.38. The fourth-order valence-corrected chi connectivity index (χ4v) is 4.42. The van der Waals surface area contributed by atoms with E-state index in [2.05, 4.69) is 30.8 Å². The molecule has 1 aliphatic heterocycles. The molecule has 0 radical (unpaired) electrons. The van der Waals surface area contributed by atoms with Crippen molar-refractivity contribution in [3.8, 4) is 0 Å². The zero-order valence-corrected chi connectivity index (χ0v) is 20.8. The first-order valence-electron chi connectivity index (χ1n) is 10.4. The molecule has 0 bridgehead atoms. The van der Waals surface area contributed by atoms with Crippen LogP contribution in [0.2, 0.25) is 5.02 Å². The van der Waals surface area contributed by atoms with Crippen LogP contribution in [0.4, 0.5) is 5.82 Å². The summed E-state index contributed by atoms with van der Waals surface area (Å²) in [6.07, 6.45) is 2.13. The van der Waals surface area contributed by atoms with Crippen LogP contribution in [-0.4, -0.2) is 83.2 Å². The Bertz CT molecular complexity index is 1110. The molecule has 3 N–H and O–H groups in total. The average Bonchev–Trinajstić information content (AvgIpc) is 3.21. The zero-order valence-electron chi connectivity index (χ0n) is 19.3. The molecule has 11 nitrogen and oxygen atoms in total. The fraction of sp³-hybridized carbons (Fsp3) is 0.429. The highest BCUT2D eigenvalue weighted by atomic mass is 35.5. The lowest BCUT2D eigenvalue weighted by atomic mass is 10.00. The van der Waals surface area contributed by atoms with Crippen molar-refractivity contribution in [2.75, 3.05) is 39.5 Å². The van der Waals surface area contributed by atoms with E-state index in [0.717, 1.165) is 23.5 Å². The molecule has 2 aromatic heterocycles. The number of nitrogens with zero attached hydrogens (tertiary/aromatic N) is 4. The van der Waals surface area contributed by atoms with Gasteiger partial charge in [-0.05, 0) is 32.5 Å². The number of carbonyl (C=O) groups is 4. The van der Waals surface area contributed by atoms with Crippen molar-refractivity contribution in [2.24, 2.45) is 0 Å². The van der Waals surface area contributed by atoms with Gasteiger partial charge in [-0.1, -0.05) is 11.6 Å². The summed E-state index contributed by atoms with van der Waals surface area (Å²) in [4.78, 5) is 63.2. The third kappa shape index (κ3) is 6.07. The Morgan fingerprint density at radius 2 is 1.97 bits per heavy atom. The molecule has 0 aromatic carbocycles. The highest BCUT2D eigenvalue weighted by Crippen LogP contribution is 2.24. The third-order valence-electron chi connectivity index (χ3n) is 5.16. The van der Waals surface area contributed by atoms with Gasteiger partial charge in [-0.2, -0.15) is 0 Å². The Morgan fingerprint density at radius 3 is 2.62 bits per heavy atom. The number of carbonyl (C=O) groups excluding carboxylic acids is 4. The van der Waals surface area contributed by atoms with Gasteiger partial charge in [0, 0.05) is 44.8 Å². The molecule has 0 unspecified atom stereocenters. The summed E-state index contributed by atoms with van der Waals surface area (Å²) in [5.41, 5.74) is -0.664. The second-order valence-corrected chi connectivity index (χ2v) is 9.88. The molecule has 3 rings (SSSR count). The molecule has 0 spiro atoms. The molecule has 0 saturated heterocycles. The molecule has 13 heteroatoms. The monoisotopic (exact) mass is 507 g/mol. The van der Waals surface area contributed by atoms with Gasteiger partial charge >= 0.3 is 11.8 Å². The summed E-state index contributed by atoms with van der Waals surface area (Å²) < 4.78 is 0. The van der Waals surface area contributed by atoms with Crippen LogP contribution in [-0.2, 0) is 27.3 Å². The Hall–Kier alpha value is -3.09. The number of fused-ring (bicyclic) bond motifs is 1. The van der Waals surface area contributed by atoms with Gasteiger partial charge in [-0.15, -0.1) is 11.3 Å². The summed E-state index contributed by atoms with van der Waals surface area (Å²) in [6.45, 7) is 2.70. The van der Waals surface area contributed by atoms with E-state index in [1.54, 1.807) is 0 Å². The number of nitrogens with one attached hydrogen (secondary N) is 3. The molecule has 1 atom stereocenters. The van der Waals surface area contributed by atoms with Gasteiger partial charge in [-0.3, -0.25) is 19.2 Å². The second kappa shape index (κ2) is 10.5. The zero-order chi connectivity index (χ0) is 25.0. The number of hydrogen-bond donors (Lipinski definition) is 3. The van der Waals surface area contributed by atoms with Crippen LogP contribution in [0.3, 0.4) is 0 Å². The van der Waals surface area contributed by atoms with E-state index < -0.39 is 29.2 Å². The molecule has 4 amide bonds. The highest BCUT2D eigenvalue weighted by molar-refractivity contribution is 7.13. The van der Waals surface area contributed by atoms with Crippen LogP contribution < -0.4 is 16.0 Å². The predicted molar refractivity (Wildman–Crippen MR) is 128 cm³/mol. The van der Waals surface area contributed by atoms with Crippen LogP contribution >= 0.6 is 22.9 Å². The minimum atomic E-state index is -1.52. The normalized spacial score (nSPS) is 15.0. The van der Waals surface area contributed by atoms with Gasteiger partial charge in [-0.25, -0.2) is 9.97 Å². The Labute approximate surface area is 205 Å². The lowest BCUT2D eigenvalue weighted by Crippen LogP contribution is -2.62. The molecule has 2 aromatic rings. The molecule has 0 aliphatic carbocycles. The van der Waals surface area contributed by atoms with E-state index in [4.69, 9.17) is 11.6 Å². The molecular weight excluding hydrogens is 482 g/mol. The summed E-state index contributed by atoms with van der Waals surface area (Å²) in [6, 6.07) is 2.96. The molecular formula is C21H26ClN7O4S. The summed E-state index contributed by atoms with van der Waals surface area (Å²) in [5.74, 6) is -2.80. The number of likely N-dealkylation sites (N-methyl/N-ethyl adjacent to an activating group) is 2. The van der Waals surface area contributed by atoms with Crippen LogP contribution in [0.5, 0.6) is 0 Å². The van der Waals surface area contributed by atoms with Gasteiger partial charge in [0.25, 0.3) is 5.91 Å². The number of pyridine rings is 1. The lowest BCUT2D eigenvalue weighted by Gasteiger charge is -2.31. The Kier molecular flexibility index (Phi) is 7.85. The van der Waals surface area contributed by atoms with Crippen LogP contribution in [0, 0.1) is 0 Å². The molecule has 0 fully saturated rings. The Morgan fingerprint density at radius 1 is 1.24 bits per heavy atom. The third-order valence-corrected chi connectivity index (χ3v) is 6.54. The molecule has 1 aliphatic rings. The molecule has 0 saturated carbocycles. The van der Waals surface area contributed by atoms with Gasteiger partial charge in [0.15, 0.2) is 5.01 Å². The number of halogens is 1. The Balaban J connectivity index is 1.68. The van der Waals surface area contributed by atoms with Crippen LogP contribution in [0.15, 0.2) is 18.3 Å². The molecule has 182 valence electrons. The first kappa shape index (κ1) is 25.5. The molecule has 34 heavy (non-hydrogen) atoms. The maximum absolute atomic E-state index is 13.0. The van der Waals surface area contributed by atoms with Gasteiger partial charge < -0.3 is 25.8 Å². The maximum atomic E-state index is 13.0. The van der Waals surface area contributed by atoms with Crippen molar-refractivity contribution in [3.63, 3.8) is 0 Å². The number of hydrogen-bond acceptors (Lipinski definition) is 8. The number of thiazole rings is 1. The maximum Gasteiger partial charge on any atom is 0.314 e. The van der Waals surface area contributed by atoms with Crippen molar-refractivity contribution < 1.29 is 19.2 Å². The second-order valence-electron chi connectivity index (χ2n) is 8.36. The first-order valence-corrected chi connectivity index (χ1v) is 11.6. The summed E-state index contributed by atoms with van der Waals surface area (Å²) in [5, 5.41) is 8.07. The van der Waals surface area contributed by atoms with Crippen LogP contribution in [0.25, 0.3) is 0 Å². The van der Waals surface area contributed by atoms with Crippen molar-refractivity contribution in [1.82, 2.24) is 30.4 Å². The molecule has 3 heterocycles. The van der Waals surface area contributed by atoms with E-state index in [1.807, 2.05) is 7.05 Å². The average molecular weight is 508 g/mol. The van der Waals surface area contributed by atoms with E-state index >= 15 is 0 Å². The van der Waals surface area contributed by atoms with E-state index in [1.165, 1.54) is 55.6 Å². The largest absolute Gasteiger partial charge is 0.347 e. The predicted octanol–water partition coefficient (Wildman–Crippen LogP) is 0.511.